The van der Waals surface area contributed by atoms with Gasteiger partial charge < -0.3 is 9.47 Å². The van der Waals surface area contributed by atoms with Gasteiger partial charge in [-0.05, 0) is 29.7 Å². The molecular formula is C19H22O4S. The van der Waals surface area contributed by atoms with Crippen LogP contribution in [0.3, 0.4) is 0 Å². The predicted octanol–water partition coefficient (Wildman–Crippen LogP) is 3.12. The lowest BCUT2D eigenvalue weighted by atomic mass is 10.2. The molecule has 0 spiro atoms. The van der Waals surface area contributed by atoms with Crippen LogP contribution in [0.5, 0.6) is 0 Å². The number of rotatable bonds is 9. The number of ether oxygens (including phenoxy) is 2. The van der Waals surface area contributed by atoms with Gasteiger partial charge in [-0.15, -0.1) is 0 Å². The summed E-state index contributed by atoms with van der Waals surface area (Å²) in [6, 6.07) is 17.2. The van der Waals surface area contributed by atoms with Crippen molar-refractivity contribution in [3.63, 3.8) is 0 Å². The van der Waals surface area contributed by atoms with Gasteiger partial charge in [0.1, 0.15) is 0 Å². The van der Waals surface area contributed by atoms with Gasteiger partial charge in [0, 0.05) is 17.3 Å². The van der Waals surface area contributed by atoms with Crippen molar-refractivity contribution in [3.8, 4) is 0 Å². The molecule has 1 unspecified atom stereocenters. The summed E-state index contributed by atoms with van der Waals surface area (Å²) >= 11 is 0. The Labute approximate surface area is 145 Å². The quantitative estimate of drug-likeness (QED) is 0.517. The minimum atomic E-state index is -1.05. The summed E-state index contributed by atoms with van der Waals surface area (Å²) in [5, 5.41) is 0. The molecule has 4 nitrogen and oxygen atoms in total. The second-order valence-corrected chi connectivity index (χ2v) is 6.91. The first-order valence-electron chi connectivity index (χ1n) is 7.85. The first kappa shape index (κ1) is 18.4. The second-order valence-electron chi connectivity index (χ2n) is 5.34. The lowest BCUT2D eigenvalue weighted by Gasteiger charge is -2.06. The molecule has 0 amide bonds. The van der Waals surface area contributed by atoms with Gasteiger partial charge in [-0.1, -0.05) is 42.5 Å². The van der Waals surface area contributed by atoms with Crippen LogP contribution in [0.15, 0.2) is 59.5 Å². The highest BCUT2D eigenvalue weighted by Gasteiger charge is 2.06. The molecule has 5 heteroatoms. The Balaban J connectivity index is 1.69. The zero-order chi connectivity index (χ0) is 17.2. The maximum atomic E-state index is 12.2. The molecule has 0 fully saturated rings. The maximum absolute atomic E-state index is 12.2. The molecule has 0 heterocycles. The fraction of sp³-hybridized carbons (Fsp3) is 0.316. The summed E-state index contributed by atoms with van der Waals surface area (Å²) in [6.45, 7) is 1.16. The van der Waals surface area contributed by atoms with Gasteiger partial charge in [0.2, 0.25) is 0 Å². The number of hydrogen-bond donors (Lipinski definition) is 0. The summed E-state index contributed by atoms with van der Waals surface area (Å²) in [5.74, 6) is 0.282. The number of benzene rings is 2. The first-order chi connectivity index (χ1) is 11.7. The molecule has 0 saturated carbocycles. The minimum absolute atomic E-state index is 0.233. The molecule has 0 radical (unpaired) electrons. The van der Waals surface area contributed by atoms with Crippen LogP contribution in [0.25, 0.3) is 0 Å². The third-order valence-electron chi connectivity index (χ3n) is 3.49. The summed E-state index contributed by atoms with van der Waals surface area (Å²) in [6.07, 6.45) is 0.972. The van der Waals surface area contributed by atoms with Crippen LogP contribution in [0.4, 0.5) is 0 Å². The smallest absolute Gasteiger partial charge is 0.309 e. The molecule has 0 aromatic heterocycles. The molecule has 2 rings (SSSR count). The Morgan fingerprint density at radius 1 is 1.00 bits per heavy atom. The monoisotopic (exact) mass is 346 g/mol. The SMILES string of the molecule is COC(=O)Cc1ccc(S(=O)CCCOCc2ccccc2)cc1. The number of methoxy groups -OCH3 is 1. The van der Waals surface area contributed by atoms with Gasteiger partial charge in [-0.2, -0.15) is 0 Å². The van der Waals surface area contributed by atoms with Crippen molar-refractivity contribution >= 4 is 16.8 Å². The molecule has 0 aliphatic heterocycles. The highest BCUT2D eigenvalue weighted by molar-refractivity contribution is 7.85. The van der Waals surface area contributed by atoms with Crippen molar-refractivity contribution < 1.29 is 18.5 Å². The van der Waals surface area contributed by atoms with Gasteiger partial charge in [-0.3, -0.25) is 9.00 Å². The molecule has 128 valence electrons. The first-order valence-corrected chi connectivity index (χ1v) is 9.16. The summed E-state index contributed by atoms with van der Waals surface area (Å²) in [4.78, 5) is 12.0. The van der Waals surface area contributed by atoms with E-state index in [0.29, 0.717) is 19.0 Å². The Bertz CT molecular complexity index is 653. The summed E-state index contributed by atoms with van der Waals surface area (Å²) < 4.78 is 22.5. The Morgan fingerprint density at radius 2 is 1.71 bits per heavy atom. The average Bonchev–Trinajstić information content (AvgIpc) is 2.62. The van der Waals surface area contributed by atoms with Gasteiger partial charge in [-0.25, -0.2) is 0 Å². The number of esters is 1. The normalized spacial score (nSPS) is 11.9. The lowest BCUT2D eigenvalue weighted by Crippen LogP contribution is -2.05. The number of hydrogen-bond acceptors (Lipinski definition) is 4. The molecule has 2 aromatic carbocycles. The van der Waals surface area contributed by atoms with Crippen LogP contribution in [0.1, 0.15) is 17.5 Å². The third kappa shape index (κ3) is 6.26. The molecule has 0 aliphatic carbocycles. The molecule has 0 saturated heterocycles. The highest BCUT2D eigenvalue weighted by atomic mass is 32.2. The van der Waals surface area contributed by atoms with Crippen LogP contribution >= 0.6 is 0 Å². The molecule has 0 N–H and O–H groups in total. The highest BCUT2D eigenvalue weighted by Crippen LogP contribution is 2.11. The van der Waals surface area contributed by atoms with Crippen molar-refractivity contribution in [2.24, 2.45) is 0 Å². The van der Waals surface area contributed by atoms with E-state index in [1.807, 2.05) is 42.5 Å². The van der Waals surface area contributed by atoms with E-state index in [4.69, 9.17) is 4.74 Å². The van der Waals surface area contributed by atoms with Gasteiger partial charge in [0.15, 0.2) is 0 Å². The molecule has 0 bridgehead atoms. The van der Waals surface area contributed by atoms with Crippen LogP contribution in [0, 0.1) is 0 Å². The zero-order valence-corrected chi connectivity index (χ0v) is 14.6. The fourth-order valence-corrected chi connectivity index (χ4v) is 3.23. The Morgan fingerprint density at radius 3 is 2.38 bits per heavy atom. The zero-order valence-electron chi connectivity index (χ0n) is 13.8. The van der Waals surface area contributed by atoms with E-state index in [1.54, 1.807) is 12.1 Å². The van der Waals surface area contributed by atoms with Crippen LogP contribution in [-0.2, 0) is 38.1 Å². The average molecular weight is 346 g/mol. The number of carbonyl (C=O) groups is 1. The Kier molecular flexibility index (Phi) is 7.65. The van der Waals surface area contributed by atoms with E-state index >= 15 is 0 Å². The largest absolute Gasteiger partial charge is 0.469 e. The minimum Gasteiger partial charge on any atom is -0.469 e. The fourth-order valence-electron chi connectivity index (χ4n) is 2.17. The van der Waals surface area contributed by atoms with E-state index in [-0.39, 0.29) is 12.4 Å². The van der Waals surface area contributed by atoms with Crippen molar-refractivity contribution in [2.45, 2.75) is 24.3 Å². The van der Waals surface area contributed by atoms with Gasteiger partial charge in [0.05, 0.1) is 30.9 Å². The van der Waals surface area contributed by atoms with Crippen molar-refractivity contribution in [1.82, 2.24) is 0 Å². The maximum Gasteiger partial charge on any atom is 0.309 e. The molecular weight excluding hydrogens is 324 g/mol. The standard InChI is InChI=1S/C19H22O4S/c1-22-19(20)14-16-8-10-18(11-9-16)24(21)13-5-12-23-15-17-6-3-2-4-7-17/h2-4,6-11H,5,12-15H2,1H3. The van der Waals surface area contributed by atoms with E-state index in [2.05, 4.69) is 4.74 Å². The van der Waals surface area contributed by atoms with Gasteiger partial charge >= 0.3 is 5.97 Å². The number of carbonyl (C=O) groups excluding carboxylic acids is 1. The van der Waals surface area contributed by atoms with Crippen LogP contribution in [0.2, 0.25) is 0 Å². The van der Waals surface area contributed by atoms with Crippen LogP contribution < -0.4 is 0 Å². The second kappa shape index (κ2) is 10.0. The Hall–Kier alpha value is -1.98. The summed E-state index contributed by atoms with van der Waals surface area (Å²) in [5.41, 5.74) is 1.99. The van der Waals surface area contributed by atoms with E-state index in [9.17, 15) is 9.00 Å². The summed E-state index contributed by atoms with van der Waals surface area (Å²) in [7, 11) is 0.316. The van der Waals surface area contributed by atoms with Crippen LogP contribution in [-0.4, -0.2) is 29.6 Å². The molecule has 2 aromatic rings. The van der Waals surface area contributed by atoms with E-state index in [1.165, 1.54) is 7.11 Å². The van der Waals surface area contributed by atoms with E-state index in [0.717, 1.165) is 22.4 Å². The van der Waals surface area contributed by atoms with Crippen molar-refractivity contribution in [2.75, 3.05) is 19.5 Å². The molecule has 24 heavy (non-hydrogen) atoms. The van der Waals surface area contributed by atoms with Crippen molar-refractivity contribution in [1.29, 1.82) is 0 Å². The third-order valence-corrected chi connectivity index (χ3v) is 4.95. The van der Waals surface area contributed by atoms with Gasteiger partial charge in [0.25, 0.3) is 0 Å². The predicted molar refractivity (Wildman–Crippen MR) is 94.2 cm³/mol. The molecule has 1 atom stereocenters. The van der Waals surface area contributed by atoms with E-state index < -0.39 is 10.8 Å². The molecule has 0 aliphatic rings. The lowest BCUT2D eigenvalue weighted by molar-refractivity contribution is -0.139. The van der Waals surface area contributed by atoms with Crippen molar-refractivity contribution in [3.05, 3.63) is 65.7 Å². The topological polar surface area (TPSA) is 52.6 Å².